The molecule has 1 aliphatic rings. The van der Waals surface area contributed by atoms with E-state index in [9.17, 15) is 4.79 Å². The van der Waals surface area contributed by atoms with E-state index in [-0.39, 0.29) is 12.1 Å². The molecule has 3 nitrogen and oxygen atoms in total. The van der Waals surface area contributed by atoms with Crippen LogP contribution in [0.3, 0.4) is 0 Å². The fraction of sp³-hybridized carbons (Fsp3) is 0.462. The van der Waals surface area contributed by atoms with Crippen LogP contribution in [0.15, 0.2) is 30.3 Å². The number of hydrogen-bond acceptors (Lipinski definition) is 3. The van der Waals surface area contributed by atoms with E-state index in [1.165, 1.54) is 5.56 Å². The minimum atomic E-state index is -0.0759. The third-order valence-electron chi connectivity index (χ3n) is 2.66. The van der Waals surface area contributed by atoms with E-state index in [0.29, 0.717) is 19.6 Å². The van der Waals surface area contributed by atoms with Crippen molar-refractivity contribution in [3.8, 4) is 0 Å². The van der Waals surface area contributed by atoms with E-state index in [1.807, 2.05) is 30.3 Å². The van der Waals surface area contributed by atoms with Gasteiger partial charge in [-0.3, -0.25) is 4.79 Å². The summed E-state index contributed by atoms with van der Waals surface area (Å²) in [5.74, 6) is -0.0759. The number of ether oxygens (including phenoxy) is 2. The van der Waals surface area contributed by atoms with Gasteiger partial charge in [-0.2, -0.15) is 0 Å². The van der Waals surface area contributed by atoms with Crippen LogP contribution in [0.2, 0.25) is 0 Å². The molecule has 1 aromatic carbocycles. The number of rotatable bonds is 5. The van der Waals surface area contributed by atoms with E-state index >= 15 is 0 Å². The van der Waals surface area contributed by atoms with Crippen LogP contribution in [0.4, 0.5) is 0 Å². The average molecular weight is 220 g/mol. The quantitative estimate of drug-likeness (QED) is 0.564. The van der Waals surface area contributed by atoms with E-state index in [2.05, 4.69) is 0 Å². The molecule has 0 aliphatic carbocycles. The Balaban J connectivity index is 1.60. The second-order valence-electron chi connectivity index (χ2n) is 3.98. The number of esters is 1. The monoisotopic (exact) mass is 220 g/mol. The van der Waals surface area contributed by atoms with Crippen molar-refractivity contribution in [2.24, 2.45) is 0 Å². The lowest BCUT2D eigenvalue weighted by molar-refractivity contribution is -0.141. The van der Waals surface area contributed by atoms with Gasteiger partial charge in [0, 0.05) is 12.8 Å². The zero-order valence-corrected chi connectivity index (χ0v) is 9.22. The summed E-state index contributed by atoms with van der Waals surface area (Å²) < 4.78 is 10.6. The van der Waals surface area contributed by atoms with Crippen molar-refractivity contribution in [2.45, 2.75) is 32.0 Å². The fourth-order valence-corrected chi connectivity index (χ4v) is 1.76. The summed E-state index contributed by atoms with van der Waals surface area (Å²) in [6, 6.07) is 10.1. The molecule has 0 bridgehead atoms. The van der Waals surface area contributed by atoms with Crippen LogP contribution in [0.25, 0.3) is 0 Å². The highest BCUT2D eigenvalue weighted by atomic mass is 16.6. The molecule has 0 N–H and O–H groups in total. The molecule has 1 atom stereocenters. The van der Waals surface area contributed by atoms with Gasteiger partial charge in [0.2, 0.25) is 0 Å². The predicted octanol–water partition coefficient (Wildman–Crippen LogP) is 2.30. The largest absolute Gasteiger partial charge is 0.462 e. The Kier molecular flexibility index (Phi) is 3.94. The molecule has 16 heavy (non-hydrogen) atoms. The lowest BCUT2D eigenvalue weighted by atomic mass is 10.2. The van der Waals surface area contributed by atoms with Gasteiger partial charge in [-0.15, -0.1) is 0 Å². The van der Waals surface area contributed by atoms with Crippen LogP contribution < -0.4 is 0 Å². The molecule has 1 aliphatic heterocycles. The summed E-state index contributed by atoms with van der Waals surface area (Å²) in [5.41, 5.74) is 1.17. The smallest absolute Gasteiger partial charge is 0.306 e. The van der Waals surface area contributed by atoms with Crippen molar-refractivity contribution in [1.82, 2.24) is 0 Å². The Labute approximate surface area is 95.4 Å². The van der Waals surface area contributed by atoms with Crippen LogP contribution in [0.5, 0.6) is 0 Å². The molecule has 0 amide bonds. The summed E-state index contributed by atoms with van der Waals surface area (Å²) >= 11 is 0. The minimum Gasteiger partial charge on any atom is -0.462 e. The molecule has 1 heterocycles. The molecular weight excluding hydrogens is 204 g/mol. The first-order chi connectivity index (χ1) is 7.84. The van der Waals surface area contributed by atoms with Gasteiger partial charge in [-0.05, 0) is 12.0 Å². The predicted molar refractivity (Wildman–Crippen MR) is 59.8 cm³/mol. The minimum absolute atomic E-state index is 0.0725. The Bertz CT molecular complexity index is 334. The second kappa shape index (κ2) is 5.66. The van der Waals surface area contributed by atoms with Crippen molar-refractivity contribution in [3.63, 3.8) is 0 Å². The van der Waals surface area contributed by atoms with Gasteiger partial charge >= 0.3 is 5.97 Å². The van der Waals surface area contributed by atoms with Gasteiger partial charge in [-0.25, -0.2) is 0 Å². The lowest BCUT2D eigenvalue weighted by Crippen LogP contribution is -2.10. The molecular formula is C13H16O3. The molecule has 86 valence electrons. The van der Waals surface area contributed by atoms with Gasteiger partial charge in [0.25, 0.3) is 0 Å². The molecule has 0 aromatic heterocycles. The Hall–Kier alpha value is -1.35. The number of carbonyl (C=O) groups is 1. The molecule has 0 unspecified atom stereocenters. The van der Waals surface area contributed by atoms with E-state index < -0.39 is 0 Å². The number of hydrogen-bond donors (Lipinski definition) is 0. The van der Waals surface area contributed by atoms with Crippen LogP contribution >= 0.6 is 0 Å². The van der Waals surface area contributed by atoms with Crippen molar-refractivity contribution < 1.29 is 14.3 Å². The Morgan fingerprint density at radius 1 is 1.31 bits per heavy atom. The molecule has 0 spiro atoms. The lowest BCUT2D eigenvalue weighted by Gasteiger charge is -2.09. The van der Waals surface area contributed by atoms with Crippen LogP contribution in [-0.4, -0.2) is 18.7 Å². The van der Waals surface area contributed by atoms with E-state index in [1.54, 1.807) is 0 Å². The van der Waals surface area contributed by atoms with Crippen molar-refractivity contribution in [2.75, 3.05) is 6.61 Å². The maximum Gasteiger partial charge on any atom is 0.306 e. The SMILES string of the molecule is O=C1CC[C@H](CCOCc2ccccc2)O1. The fourth-order valence-electron chi connectivity index (χ4n) is 1.76. The van der Waals surface area contributed by atoms with Crippen molar-refractivity contribution >= 4 is 5.97 Å². The standard InChI is InChI=1S/C13H16O3/c14-13-7-6-12(16-13)8-9-15-10-11-4-2-1-3-5-11/h1-5,12H,6-10H2/t12-/m1/s1. The van der Waals surface area contributed by atoms with Gasteiger partial charge in [-0.1, -0.05) is 30.3 Å². The number of carbonyl (C=O) groups excluding carboxylic acids is 1. The van der Waals surface area contributed by atoms with Crippen molar-refractivity contribution in [3.05, 3.63) is 35.9 Å². The van der Waals surface area contributed by atoms with Crippen molar-refractivity contribution in [1.29, 1.82) is 0 Å². The van der Waals surface area contributed by atoms with Gasteiger partial charge in [0.05, 0.1) is 13.2 Å². The molecule has 1 saturated heterocycles. The summed E-state index contributed by atoms with van der Waals surface area (Å²) in [6.45, 7) is 1.27. The highest BCUT2D eigenvalue weighted by Crippen LogP contribution is 2.16. The zero-order valence-electron chi connectivity index (χ0n) is 9.22. The molecule has 1 aromatic rings. The highest BCUT2D eigenvalue weighted by molar-refractivity contribution is 5.71. The number of cyclic esters (lactones) is 1. The molecule has 0 saturated carbocycles. The molecule has 3 heteroatoms. The Morgan fingerprint density at radius 3 is 2.81 bits per heavy atom. The highest BCUT2D eigenvalue weighted by Gasteiger charge is 2.22. The van der Waals surface area contributed by atoms with Crippen LogP contribution in [0, 0.1) is 0 Å². The third-order valence-corrected chi connectivity index (χ3v) is 2.66. The first-order valence-electron chi connectivity index (χ1n) is 5.66. The average Bonchev–Trinajstić information content (AvgIpc) is 2.72. The summed E-state index contributed by atoms with van der Waals surface area (Å²) in [6.07, 6.45) is 2.28. The summed E-state index contributed by atoms with van der Waals surface area (Å²) in [5, 5.41) is 0. The van der Waals surface area contributed by atoms with Gasteiger partial charge in [0.15, 0.2) is 0 Å². The number of benzene rings is 1. The van der Waals surface area contributed by atoms with Crippen LogP contribution in [-0.2, 0) is 20.9 Å². The topological polar surface area (TPSA) is 35.5 Å². The molecule has 2 rings (SSSR count). The van der Waals surface area contributed by atoms with E-state index in [4.69, 9.17) is 9.47 Å². The third kappa shape index (κ3) is 3.35. The second-order valence-corrected chi connectivity index (χ2v) is 3.98. The zero-order chi connectivity index (χ0) is 11.2. The maximum absolute atomic E-state index is 10.8. The van der Waals surface area contributed by atoms with Crippen LogP contribution in [0.1, 0.15) is 24.8 Å². The first kappa shape index (κ1) is 11.1. The molecule has 0 radical (unpaired) electrons. The summed E-state index contributed by atoms with van der Waals surface area (Å²) in [4.78, 5) is 10.8. The maximum atomic E-state index is 10.8. The normalized spacial score (nSPS) is 19.8. The Morgan fingerprint density at radius 2 is 2.12 bits per heavy atom. The van der Waals surface area contributed by atoms with Gasteiger partial charge < -0.3 is 9.47 Å². The van der Waals surface area contributed by atoms with Gasteiger partial charge in [0.1, 0.15) is 6.10 Å². The molecule has 1 fully saturated rings. The summed E-state index contributed by atoms with van der Waals surface area (Å²) in [7, 11) is 0. The van der Waals surface area contributed by atoms with E-state index in [0.717, 1.165) is 12.8 Å². The first-order valence-corrected chi connectivity index (χ1v) is 5.66.